The van der Waals surface area contributed by atoms with Gasteiger partial charge in [-0.2, -0.15) is 0 Å². The molecule has 256 valence electrons. The Hall–Kier alpha value is -2.71. The molecule has 0 radical (unpaired) electrons. The lowest BCUT2D eigenvalue weighted by molar-refractivity contribution is -0.134. The Balaban J connectivity index is 1.25. The molecular weight excluding hydrogens is 595 g/mol. The Morgan fingerprint density at radius 2 is 1.59 bits per heavy atom. The van der Waals surface area contributed by atoms with Crippen LogP contribution in [-0.2, 0) is 33.6 Å². The summed E-state index contributed by atoms with van der Waals surface area (Å²) in [4.78, 5) is 40.9. The summed E-state index contributed by atoms with van der Waals surface area (Å²) in [6.45, 7) is 10.8. The van der Waals surface area contributed by atoms with E-state index in [1.807, 2.05) is 44.2 Å². The average molecular weight is 654 g/mol. The van der Waals surface area contributed by atoms with Crippen LogP contribution >= 0.6 is 11.3 Å². The van der Waals surface area contributed by atoms with Crippen LogP contribution in [0.1, 0.15) is 127 Å². The van der Waals surface area contributed by atoms with E-state index in [4.69, 9.17) is 4.74 Å². The van der Waals surface area contributed by atoms with Crippen molar-refractivity contribution in [3.63, 3.8) is 0 Å². The summed E-state index contributed by atoms with van der Waals surface area (Å²) >= 11 is 1.84. The molecule has 0 unspecified atom stereocenters. The van der Waals surface area contributed by atoms with Crippen LogP contribution in [0, 0.1) is 0 Å². The fraction of sp³-hybridized carbons (Fsp3) is 0.658. The highest BCUT2D eigenvalue weighted by Gasteiger charge is 2.26. The van der Waals surface area contributed by atoms with Crippen molar-refractivity contribution in [2.75, 3.05) is 19.6 Å². The van der Waals surface area contributed by atoms with Crippen molar-refractivity contribution in [3.05, 3.63) is 51.7 Å². The molecule has 8 heteroatoms. The van der Waals surface area contributed by atoms with Crippen LogP contribution in [-0.4, -0.2) is 53.9 Å². The molecule has 2 aromatic rings. The smallest absolute Gasteiger partial charge is 0.312 e. The Morgan fingerprint density at radius 1 is 0.891 bits per heavy atom. The number of esters is 1. The van der Waals surface area contributed by atoms with Crippen LogP contribution in [0.2, 0.25) is 0 Å². The minimum absolute atomic E-state index is 0.000164. The van der Waals surface area contributed by atoms with Gasteiger partial charge in [-0.3, -0.25) is 19.3 Å². The zero-order valence-corrected chi connectivity index (χ0v) is 29.8. The molecule has 3 rings (SSSR count). The van der Waals surface area contributed by atoms with Gasteiger partial charge in [-0.1, -0.05) is 63.6 Å². The number of amides is 2. The molecule has 1 aromatic heterocycles. The van der Waals surface area contributed by atoms with Gasteiger partial charge < -0.3 is 15.4 Å². The van der Waals surface area contributed by atoms with Crippen molar-refractivity contribution in [3.8, 4) is 5.75 Å². The van der Waals surface area contributed by atoms with Crippen LogP contribution in [0.4, 0.5) is 0 Å². The molecule has 1 atom stereocenters. The highest BCUT2D eigenvalue weighted by molar-refractivity contribution is 7.09. The molecule has 1 aliphatic carbocycles. The molecule has 0 saturated carbocycles. The summed E-state index contributed by atoms with van der Waals surface area (Å²) in [6.07, 6.45) is 15.0. The number of fused-ring (bicyclic) bond motifs is 1. The number of hydrogen-bond donors (Lipinski definition) is 2. The van der Waals surface area contributed by atoms with Gasteiger partial charge in [0, 0.05) is 42.4 Å². The lowest BCUT2D eigenvalue weighted by atomic mass is 9.86. The van der Waals surface area contributed by atoms with Gasteiger partial charge in [-0.05, 0) is 101 Å². The molecule has 2 N–H and O–H groups in total. The Morgan fingerprint density at radius 3 is 2.24 bits per heavy atom. The first-order chi connectivity index (χ1) is 22.1. The number of rotatable bonds is 21. The molecule has 1 aromatic carbocycles. The van der Waals surface area contributed by atoms with Crippen LogP contribution in [0.15, 0.2) is 35.7 Å². The number of thiophene rings is 1. The summed E-state index contributed by atoms with van der Waals surface area (Å²) in [5, 5.41) is 8.05. The lowest BCUT2D eigenvalue weighted by Gasteiger charge is -2.35. The highest BCUT2D eigenvalue weighted by atomic mass is 32.1. The molecule has 2 amide bonds. The molecule has 0 fully saturated rings. The topological polar surface area (TPSA) is 87.7 Å². The van der Waals surface area contributed by atoms with Crippen molar-refractivity contribution in [2.24, 2.45) is 0 Å². The van der Waals surface area contributed by atoms with E-state index in [1.165, 1.54) is 16.9 Å². The number of nitrogens with one attached hydrogen (secondary N) is 2. The third-order valence-electron chi connectivity index (χ3n) is 8.61. The minimum Gasteiger partial charge on any atom is -0.426 e. The normalized spacial score (nSPS) is 14.6. The summed E-state index contributed by atoms with van der Waals surface area (Å²) in [6, 6.07) is 10.9. The molecule has 0 aliphatic heterocycles. The van der Waals surface area contributed by atoms with Gasteiger partial charge in [0.2, 0.25) is 11.8 Å². The minimum atomic E-state index is -0.297. The van der Waals surface area contributed by atoms with Crippen LogP contribution in [0.25, 0.3) is 0 Å². The number of unbranched alkanes of at least 4 members (excludes halogenated alkanes) is 7. The van der Waals surface area contributed by atoms with E-state index in [-0.39, 0.29) is 29.7 Å². The van der Waals surface area contributed by atoms with E-state index in [0.29, 0.717) is 31.2 Å². The predicted octanol–water partition coefficient (Wildman–Crippen LogP) is 7.79. The van der Waals surface area contributed by atoms with Gasteiger partial charge in [-0.15, -0.1) is 11.3 Å². The maximum atomic E-state index is 12.6. The number of hydrogen-bond acceptors (Lipinski definition) is 6. The first kappa shape index (κ1) is 37.7. The van der Waals surface area contributed by atoms with E-state index >= 15 is 0 Å². The number of carbonyl (C=O) groups excluding carboxylic acids is 3. The Kier molecular flexibility index (Phi) is 16.8. The van der Waals surface area contributed by atoms with E-state index < -0.39 is 0 Å². The van der Waals surface area contributed by atoms with Gasteiger partial charge in [0.15, 0.2) is 0 Å². The maximum Gasteiger partial charge on any atom is 0.312 e. The monoisotopic (exact) mass is 653 g/mol. The van der Waals surface area contributed by atoms with Crippen molar-refractivity contribution in [1.29, 1.82) is 0 Å². The first-order valence-electron chi connectivity index (χ1n) is 17.8. The maximum absolute atomic E-state index is 12.6. The lowest BCUT2D eigenvalue weighted by Crippen LogP contribution is -2.41. The first-order valence-corrected chi connectivity index (χ1v) is 18.7. The van der Waals surface area contributed by atoms with Crippen molar-refractivity contribution in [1.82, 2.24) is 15.5 Å². The molecule has 0 saturated heterocycles. The second-order valence-electron chi connectivity index (χ2n) is 13.9. The van der Waals surface area contributed by atoms with Crippen LogP contribution in [0.3, 0.4) is 0 Å². The summed E-state index contributed by atoms with van der Waals surface area (Å²) < 4.78 is 5.80. The molecule has 46 heavy (non-hydrogen) atoms. The Bertz CT molecular complexity index is 1190. The fourth-order valence-electron chi connectivity index (χ4n) is 6.31. The van der Waals surface area contributed by atoms with Gasteiger partial charge >= 0.3 is 5.97 Å². The van der Waals surface area contributed by atoms with E-state index in [1.54, 1.807) is 0 Å². The number of nitrogens with zero attached hydrogens (tertiary/aromatic N) is 1. The summed E-state index contributed by atoms with van der Waals surface area (Å²) in [7, 11) is 0. The van der Waals surface area contributed by atoms with Crippen molar-refractivity contribution >= 4 is 29.1 Å². The summed E-state index contributed by atoms with van der Waals surface area (Å²) in [5.74, 6) is 0.523. The third-order valence-corrected chi connectivity index (χ3v) is 9.55. The molecular formula is C38H59N3O4S. The standard InChI is InChI=1S/C38H59N3O4S/c1-5-26-41(27-24-32-17-15-28-46-32)31-21-22-33-30(29-31)16-14-18-34(33)45-37(44)23-25-39-35(42)19-12-10-8-6-7-9-11-13-20-36(43)40-38(2,3)4/h14-18,28,31H,5-13,19-27,29H2,1-4H3,(H,39,42)(H,40,43)/t31-/m0/s1. The third kappa shape index (κ3) is 14.8. The second kappa shape index (κ2) is 20.5. The van der Waals surface area contributed by atoms with Crippen LogP contribution in [0.5, 0.6) is 5.75 Å². The van der Waals surface area contributed by atoms with E-state index in [9.17, 15) is 14.4 Å². The zero-order valence-electron chi connectivity index (χ0n) is 29.0. The molecule has 0 spiro atoms. The van der Waals surface area contributed by atoms with E-state index in [2.05, 4.69) is 46.0 Å². The quantitative estimate of drug-likeness (QED) is 0.0816. The van der Waals surface area contributed by atoms with Crippen molar-refractivity contribution in [2.45, 2.75) is 142 Å². The van der Waals surface area contributed by atoms with Gasteiger partial charge in [-0.25, -0.2) is 0 Å². The number of carbonyl (C=O) groups is 3. The van der Waals surface area contributed by atoms with E-state index in [0.717, 1.165) is 95.7 Å². The van der Waals surface area contributed by atoms with Gasteiger partial charge in [0.05, 0.1) is 6.42 Å². The second-order valence-corrected chi connectivity index (χ2v) is 14.9. The van der Waals surface area contributed by atoms with Crippen LogP contribution < -0.4 is 15.4 Å². The van der Waals surface area contributed by atoms with Gasteiger partial charge in [0.1, 0.15) is 5.75 Å². The molecule has 0 bridgehead atoms. The Labute approximate surface area is 282 Å². The largest absolute Gasteiger partial charge is 0.426 e. The average Bonchev–Trinajstić information content (AvgIpc) is 3.53. The van der Waals surface area contributed by atoms with Crippen molar-refractivity contribution < 1.29 is 19.1 Å². The molecule has 1 aliphatic rings. The SMILES string of the molecule is CCCN(CCc1cccs1)[C@H]1CCc2c(cccc2OC(=O)CCNC(=O)CCCCCCCCCCC(=O)NC(C)(C)C)C1. The molecule has 7 nitrogen and oxygen atoms in total. The predicted molar refractivity (Wildman–Crippen MR) is 189 cm³/mol. The number of benzene rings is 1. The zero-order chi connectivity index (χ0) is 33.2. The highest BCUT2D eigenvalue weighted by Crippen LogP contribution is 2.32. The number of ether oxygens (including phenoxy) is 1. The molecule has 1 heterocycles. The fourth-order valence-corrected chi connectivity index (χ4v) is 7.01. The van der Waals surface area contributed by atoms with Gasteiger partial charge in [0.25, 0.3) is 0 Å². The summed E-state index contributed by atoms with van der Waals surface area (Å²) in [5.41, 5.74) is 2.29.